The largest absolute Gasteiger partial charge is 0.471 e. The molecule has 0 saturated heterocycles. The van der Waals surface area contributed by atoms with Gasteiger partial charge in [-0.3, -0.25) is 9.59 Å². The third-order valence-corrected chi connectivity index (χ3v) is 2.11. The van der Waals surface area contributed by atoms with Crippen molar-refractivity contribution < 1.29 is 48.3 Å². The monoisotopic (exact) mass is 291 g/mol. The van der Waals surface area contributed by atoms with Crippen molar-refractivity contribution in [3.63, 3.8) is 0 Å². The molecule has 0 aliphatic heterocycles. The van der Waals surface area contributed by atoms with Gasteiger partial charge in [-0.15, -0.1) is 0 Å². The van der Waals surface area contributed by atoms with Crippen molar-refractivity contribution in [3.8, 4) is 0 Å². The molecule has 0 rings (SSSR count). The lowest BCUT2D eigenvalue weighted by Gasteiger charge is -2.32. The van der Waals surface area contributed by atoms with Gasteiger partial charge in [-0.2, -0.15) is 13.2 Å². The molecule has 0 spiro atoms. The van der Waals surface area contributed by atoms with Crippen molar-refractivity contribution in [3.05, 3.63) is 0 Å². The maximum atomic E-state index is 11.9. The second-order valence-electron chi connectivity index (χ2n) is 3.58. The topological polar surface area (TPSA) is 147 Å². The van der Waals surface area contributed by atoms with Crippen molar-refractivity contribution in [2.45, 2.75) is 30.2 Å². The van der Waals surface area contributed by atoms with Gasteiger partial charge in [0.2, 0.25) is 5.72 Å². The summed E-state index contributed by atoms with van der Waals surface area (Å²) in [4.78, 5) is 21.0. The van der Waals surface area contributed by atoms with Gasteiger partial charge in [0.05, 0.1) is 6.61 Å². The summed E-state index contributed by atoms with van der Waals surface area (Å²) in [6.07, 6.45) is -13.2. The van der Waals surface area contributed by atoms with Crippen LogP contribution in [-0.4, -0.2) is 74.5 Å². The Hall–Kier alpha value is -1.27. The number of carbonyl (C=O) groups is 2. The van der Waals surface area contributed by atoms with Gasteiger partial charge < -0.3 is 30.8 Å². The summed E-state index contributed by atoms with van der Waals surface area (Å²) in [5.74, 6) is -2.74. The van der Waals surface area contributed by atoms with E-state index in [1.807, 2.05) is 0 Å². The SMILES string of the molecule is O=C[C@@](O)(NC(=O)C(F)(F)F)[C@@H](O)[C@H](O)[C@H](O)CO. The molecule has 11 heteroatoms. The van der Waals surface area contributed by atoms with Gasteiger partial charge in [0.25, 0.3) is 0 Å². The number of halogens is 3. The molecule has 0 saturated carbocycles. The first-order valence-electron chi connectivity index (χ1n) is 4.72. The van der Waals surface area contributed by atoms with E-state index >= 15 is 0 Å². The highest BCUT2D eigenvalue weighted by Gasteiger charge is 2.49. The molecule has 0 aromatic rings. The van der Waals surface area contributed by atoms with Crippen LogP contribution in [0, 0.1) is 0 Å². The van der Waals surface area contributed by atoms with E-state index in [0.29, 0.717) is 0 Å². The van der Waals surface area contributed by atoms with E-state index in [4.69, 9.17) is 15.3 Å². The number of hydrogen-bond donors (Lipinski definition) is 6. The van der Waals surface area contributed by atoms with Crippen molar-refractivity contribution in [2.24, 2.45) is 0 Å². The van der Waals surface area contributed by atoms with Crippen LogP contribution in [0.1, 0.15) is 0 Å². The van der Waals surface area contributed by atoms with Crippen LogP contribution >= 0.6 is 0 Å². The maximum absolute atomic E-state index is 11.9. The van der Waals surface area contributed by atoms with Gasteiger partial charge in [-0.25, -0.2) is 0 Å². The van der Waals surface area contributed by atoms with Crippen LogP contribution in [-0.2, 0) is 9.59 Å². The van der Waals surface area contributed by atoms with Crippen LogP contribution in [0.15, 0.2) is 0 Å². The van der Waals surface area contributed by atoms with Crippen LogP contribution in [0.2, 0.25) is 0 Å². The second-order valence-corrected chi connectivity index (χ2v) is 3.58. The Morgan fingerprint density at radius 3 is 2.05 bits per heavy atom. The molecule has 0 aromatic carbocycles. The fourth-order valence-electron chi connectivity index (χ4n) is 1.00. The summed E-state index contributed by atoms with van der Waals surface area (Å²) in [5.41, 5.74) is -3.48. The van der Waals surface area contributed by atoms with Crippen molar-refractivity contribution in [2.75, 3.05) is 6.61 Å². The number of amides is 1. The third kappa shape index (κ3) is 4.40. The molecule has 4 atom stereocenters. The molecule has 0 unspecified atom stereocenters. The van der Waals surface area contributed by atoms with Gasteiger partial charge in [0.1, 0.15) is 18.3 Å². The Labute approximate surface area is 104 Å². The van der Waals surface area contributed by atoms with E-state index in [0.717, 1.165) is 5.32 Å². The predicted octanol–water partition coefficient (Wildman–Crippen LogP) is -3.37. The average molecular weight is 291 g/mol. The zero-order valence-corrected chi connectivity index (χ0v) is 9.20. The molecule has 19 heavy (non-hydrogen) atoms. The van der Waals surface area contributed by atoms with Crippen molar-refractivity contribution >= 4 is 12.2 Å². The summed E-state index contributed by atoms with van der Waals surface area (Å²) < 4.78 is 35.8. The van der Waals surface area contributed by atoms with Gasteiger partial charge in [-0.05, 0) is 0 Å². The van der Waals surface area contributed by atoms with E-state index in [-0.39, 0.29) is 0 Å². The third-order valence-electron chi connectivity index (χ3n) is 2.11. The van der Waals surface area contributed by atoms with E-state index in [1.165, 1.54) is 0 Å². The molecule has 0 fully saturated rings. The van der Waals surface area contributed by atoms with Gasteiger partial charge >= 0.3 is 12.1 Å². The van der Waals surface area contributed by atoms with Crippen molar-refractivity contribution in [1.29, 1.82) is 0 Å². The smallest absolute Gasteiger partial charge is 0.394 e. The Bertz CT molecular complexity index is 337. The highest BCUT2D eigenvalue weighted by atomic mass is 19.4. The lowest BCUT2D eigenvalue weighted by atomic mass is 9.98. The van der Waals surface area contributed by atoms with Crippen LogP contribution in [0.5, 0.6) is 0 Å². The standard InChI is InChI=1S/C8H12F3NO7/c9-8(10,11)6(18)12-7(19,2-14)5(17)4(16)3(15)1-13/h2-5,13,15-17,19H,1H2,(H,12,18)/t3-,4-,5+,7+/m1/s1. The fraction of sp³-hybridized carbons (Fsp3) is 0.750. The van der Waals surface area contributed by atoms with Crippen LogP contribution in [0.25, 0.3) is 0 Å². The van der Waals surface area contributed by atoms with E-state index in [1.54, 1.807) is 0 Å². The zero-order chi connectivity index (χ0) is 15.4. The summed E-state index contributed by atoms with van der Waals surface area (Å²) in [7, 11) is 0. The number of aliphatic hydroxyl groups is 5. The number of carbonyl (C=O) groups excluding carboxylic acids is 2. The highest BCUT2D eigenvalue weighted by molar-refractivity contribution is 5.85. The van der Waals surface area contributed by atoms with Gasteiger partial charge in [0.15, 0.2) is 6.29 Å². The molecule has 112 valence electrons. The van der Waals surface area contributed by atoms with E-state index in [2.05, 4.69) is 0 Å². The summed E-state index contributed by atoms with van der Waals surface area (Å²) >= 11 is 0. The lowest BCUT2D eigenvalue weighted by molar-refractivity contribution is -0.196. The first-order chi connectivity index (χ1) is 8.49. The molecular formula is C8H12F3NO7. The van der Waals surface area contributed by atoms with Crippen LogP contribution < -0.4 is 5.32 Å². The molecular weight excluding hydrogens is 279 g/mol. The van der Waals surface area contributed by atoms with Gasteiger partial charge in [0, 0.05) is 0 Å². The predicted molar refractivity (Wildman–Crippen MR) is 50.3 cm³/mol. The summed E-state index contributed by atoms with van der Waals surface area (Å²) in [6, 6.07) is 0. The summed E-state index contributed by atoms with van der Waals surface area (Å²) in [6.45, 7) is -1.11. The fourth-order valence-corrected chi connectivity index (χ4v) is 1.00. The van der Waals surface area contributed by atoms with Gasteiger partial charge in [-0.1, -0.05) is 0 Å². The minimum atomic E-state index is -5.45. The lowest BCUT2D eigenvalue weighted by Crippen LogP contribution is -2.65. The minimum Gasteiger partial charge on any atom is -0.394 e. The Balaban J connectivity index is 5.06. The second kappa shape index (κ2) is 6.25. The number of aldehydes is 1. The number of hydrogen-bond acceptors (Lipinski definition) is 7. The molecule has 0 heterocycles. The minimum absolute atomic E-state index is 0.658. The maximum Gasteiger partial charge on any atom is 0.471 e. The van der Waals surface area contributed by atoms with Crippen LogP contribution in [0.4, 0.5) is 13.2 Å². The zero-order valence-electron chi connectivity index (χ0n) is 9.20. The molecule has 0 bridgehead atoms. The molecule has 1 amide bonds. The molecule has 0 aromatic heterocycles. The molecule has 6 N–H and O–H groups in total. The molecule has 0 aliphatic carbocycles. The number of aliphatic hydroxyl groups excluding tert-OH is 4. The molecule has 8 nitrogen and oxygen atoms in total. The summed E-state index contributed by atoms with van der Waals surface area (Å²) in [5, 5.41) is 45.9. The Kier molecular flexibility index (Phi) is 5.83. The van der Waals surface area contributed by atoms with Crippen LogP contribution in [0.3, 0.4) is 0 Å². The number of alkyl halides is 3. The number of nitrogens with one attached hydrogen (secondary N) is 1. The van der Waals surface area contributed by atoms with Crippen molar-refractivity contribution in [1.82, 2.24) is 5.32 Å². The normalized spacial score (nSPS) is 20.0. The van der Waals surface area contributed by atoms with E-state index in [9.17, 15) is 33.0 Å². The average Bonchev–Trinajstić information content (AvgIpc) is 2.34. The molecule has 0 aliphatic rings. The molecule has 0 radical (unpaired) electrons. The highest BCUT2D eigenvalue weighted by Crippen LogP contribution is 2.18. The quantitative estimate of drug-likeness (QED) is 0.221. The van der Waals surface area contributed by atoms with E-state index < -0.39 is 49.0 Å². The number of rotatable bonds is 6. The Morgan fingerprint density at radius 2 is 1.74 bits per heavy atom. The first-order valence-corrected chi connectivity index (χ1v) is 4.72. The first kappa shape index (κ1) is 17.7. The Morgan fingerprint density at radius 1 is 1.26 bits per heavy atom.